The first-order valence-corrected chi connectivity index (χ1v) is 7.21. The van der Waals surface area contributed by atoms with Gasteiger partial charge in [-0.3, -0.25) is 4.79 Å². The maximum Gasteiger partial charge on any atom is 0.239 e. The number of nitrogens with one attached hydrogen (secondary N) is 1. The standard InChI is InChI=1S/C14H29N3O/c1-12-8-5-6-11-17(12)14(18)13(2)15-9-7-10-16(3)4/h12-13,15H,5-11H2,1-4H3/t12-,13+/m0/s1. The van der Waals surface area contributed by atoms with Crippen LogP contribution >= 0.6 is 0 Å². The van der Waals surface area contributed by atoms with E-state index in [9.17, 15) is 4.79 Å². The third kappa shape index (κ3) is 4.94. The average molecular weight is 255 g/mol. The summed E-state index contributed by atoms with van der Waals surface area (Å²) in [5.41, 5.74) is 0. The second kappa shape index (κ2) is 7.74. The molecule has 106 valence electrons. The highest BCUT2D eigenvalue weighted by Gasteiger charge is 2.26. The molecule has 4 nitrogen and oxygen atoms in total. The third-order valence-corrected chi connectivity index (χ3v) is 3.69. The SMILES string of the molecule is C[C@@H](NCCCN(C)C)C(=O)N1CCCC[C@@H]1C. The molecule has 1 aliphatic rings. The van der Waals surface area contributed by atoms with Crippen molar-refractivity contribution in [1.82, 2.24) is 15.1 Å². The van der Waals surface area contributed by atoms with Crippen LogP contribution in [0.15, 0.2) is 0 Å². The van der Waals surface area contributed by atoms with Crippen molar-refractivity contribution in [3.05, 3.63) is 0 Å². The molecule has 0 radical (unpaired) electrons. The van der Waals surface area contributed by atoms with Crippen LogP contribution in [0.25, 0.3) is 0 Å². The molecule has 0 bridgehead atoms. The Labute approximate surface area is 112 Å². The van der Waals surface area contributed by atoms with E-state index < -0.39 is 0 Å². The van der Waals surface area contributed by atoms with Crippen LogP contribution in [0.5, 0.6) is 0 Å². The van der Waals surface area contributed by atoms with Gasteiger partial charge in [0.15, 0.2) is 0 Å². The van der Waals surface area contributed by atoms with E-state index >= 15 is 0 Å². The Hall–Kier alpha value is -0.610. The number of hydrogen-bond acceptors (Lipinski definition) is 3. The molecule has 1 N–H and O–H groups in total. The number of nitrogens with zero attached hydrogens (tertiary/aromatic N) is 2. The molecular formula is C14H29N3O. The van der Waals surface area contributed by atoms with E-state index in [1.54, 1.807) is 0 Å². The zero-order chi connectivity index (χ0) is 13.5. The zero-order valence-corrected chi connectivity index (χ0v) is 12.4. The number of piperidine rings is 1. The number of likely N-dealkylation sites (tertiary alicyclic amines) is 1. The fourth-order valence-corrected chi connectivity index (χ4v) is 2.48. The van der Waals surface area contributed by atoms with Crippen LogP contribution in [0.2, 0.25) is 0 Å². The van der Waals surface area contributed by atoms with E-state index in [4.69, 9.17) is 0 Å². The Morgan fingerprint density at radius 1 is 1.44 bits per heavy atom. The summed E-state index contributed by atoms with van der Waals surface area (Å²) in [6, 6.07) is 0.366. The number of amides is 1. The fourth-order valence-electron chi connectivity index (χ4n) is 2.48. The van der Waals surface area contributed by atoms with Crippen LogP contribution in [-0.2, 0) is 4.79 Å². The van der Waals surface area contributed by atoms with Crippen molar-refractivity contribution in [3.8, 4) is 0 Å². The molecule has 0 unspecified atom stereocenters. The highest BCUT2D eigenvalue weighted by atomic mass is 16.2. The van der Waals surface area contributed by atoms with Gasteiger partial charge in [0.05, 0.1) is 6.04 Å². The van der Waals surface area contributed by atoms with E-state index in [0.29, 0.717) is 6.04 Å². The molecule has 1 aliphatic heterocycles. The minimum atomic E-state index is -0.0484. The van der Waals surface area contributed by atoms with E-state index in [1.165, 1.54) is 6.42 Å². The van der Waals surface area contributed by atoms with Gasteiger partial charge >= 0.3 is 0 Å². The van der Waals surface area contributed by atoms with Crippen LogP contribution in [0.4, 0.5) is 0 Å². The first-order chi connectivity index (χ1) is 8.52. The summed E-state index contributed by atoms with van der Waals surface area (Å²) in [4.78, 5) is 16.5. The van der Waals surface area contributed by atoms with Crippen LogP contribution in [-0.4, -0.2) is 61.5 Å². The van der Waals surface area contributed by atoms with Gasteiger partial charge in [0.2, 0.25) is 5.91 Å². The van der Waals surface area contributed by atoms with Gasteiger partial charge in [-0.2, -0.15) is 0 Å². The molecule has 1 amide bonds. The molecular weight excluding hydrogens is 226 g/mol. The molecule has 1 fully saturated rings. The van der Waals surface area contributed by atoms with Crippen LogP contribution in [0, 0.1) is 0 Å². The second-order valence-electron chi connectivity index (χ2n) is 5.71. The average Bonchev–Trinajstić information content (AvgIpc) is 2.34. The van der Waals surface area contributed by atoms with Gasteiger partial charge in [0, 0.05) is 12.6 Å². The van der Waals surface area contributed by atoms with E-state index in [2.05, 4.69) is 31.2 Å². The smallest absolute Gasteiger partial charge is 0.239 e. The number of rotatable bonds is 6. The molecule has 0 aliphatic carbocycles. The van der Waals surface area contributed by atoms with Gasteiger partial charge in [0.25, 0.3) is 0 Å². The number of carbonyl (C=O) groups excluding carboxylic acids is 1. The number of hydrogen-bond donors (Lipinski definition) is 1. The topological polar surface area (TPSA) is 35.6 Å². The predicted octanol–water partition coefficient (Wildman–Crippen LogP) is 1.32. The monoisotopic (exact) mass is 255 g/mol. The molecule has 0 aromatic carbocycles. The first kappa shape index (κ1) is 15.4. The molecule has 0 aromatic heterocycles. The van der Waals surface area contributed by atoms with Gasteiger partial charge in [-0.1, -0.05) is 0 Å². The Bertz CT molecular complexity index is 255. The summed E-state index contributed by atoms with van der Waals surface area (Å²) >= 11 is 0. The van der Waals surface area contributed by atoms with Crippen LogP contribution in [0.3, 0.4) is 0 Å². The van der Waals surface area contributed by atoms with E-state index in [1.807, 2.05) is 11.8 Å². The lowest BCUT2D eigenvalue weighted by molar-refractivity contribution is -0.136. The minimum Gasteiger partial charge on any atom is -0.339 e. The molecule has 0 spiro atoms. The lowest BCUT2D eigenvalue weighted by Crippen LogP contribution is -2.50. The lowest BCUT2D eigenvalue weighted by Gasteiger charge is -2.35. The summed E-state index contributed by atoms with van der Waals surface area (Å²) in [5, 5.41) is 3.34. The van der Waals surface area contributed by atoms with Crippen LogP contribution in [0.1, 0.15) is 39.5 Å². The molecule has 1 saturated heterocycles. The molecule has 1 heterocycles. The van der Waals surface area contributed by atoms with Gasteiger partial charge in [-0.05, 0) is 66.7 Å². The normalized spacial score (nSPS) is 22.3. The van der Waals surface area contributed by atoms with Crippen LogP contribution < -0.4 is 5.32 Å². The molecule has 1 rings (SSSR count). The van der Waals surface area contributed by atoms with Gasteiger partial charge in [-0.15, -0.1) is 0 Å². The zero-order valence-electron chi connectivity index (χ0n) is 12.4. The fraction of sp³-hybridized carbons (Fsp3) is 0.929. The molecule has 2 atom stereocenters. The van der Waals surface area contributed by atoms with Gasteiger partial charge in [-0.25, -0.2) is 0 Å². The van der Waals surface area contributed by atoms with Crippen molar-refractivity contribution in [3.63, 3.8) is 0 Å². The minimum absolute atomic E-state index is 0.0484. The summed E-state index contributed by atoms with van der Waals surface area (Å²) < 4.78 is 0. The Morgan fingerprint density at radius 3 is 2.78 bits per heavy atom. The Morgan fingerprint density at radius 2 is 2.17 bits per heavy atom. The van der Waals surface area contributed by atoms with Crippen molar-refractivity contribution in [2.45, 2.75) is 51.6 Å². The second-order valence-corrected chi connectivity index (χ2v) is 5.71. The van der Waals surface area contributed by atoms with Crippen molar-refractivity contribution >= 4 is 5.91 Å². The van der Waals surface area contributed by atoms with Gasteiger partial charge < -0.3 is 15.1 Å². The van der Waals surface area contributed by atoms with E-state index in [-0.39, 0.29) is 11.9 Å². The molecule has 4 heteroatoms. The third-order valence-electron chi connectivity index (χ3n) is 3.69. The quantitative estimate of drug-likeness (QED) is 0.727. The van der Waals surface area contributed by atoms with Crippen molar-refractivity contribution in [1.29, 1.82) is 0 Å². The maximum atomic E-state index is 12.3. The Balaban J connectivity index is 2.27. The first-order valence-electron chi connectivity index (χ1n) is 7.21. The van der Waals surface area contributed by atoms with Gasteiger partial charge in [0.1, 0.15) is 0 Å². The van der Waals surface area contributed by atoms with E-state index in [0.717, 1.165) is 38.9 Å². The summed E-state index contributed by atoms with van der Waals surface area (Å²) in [6.07, 6.45) is 4.65. The summed E-state index contributed by atoms with van der Waals surface area (Å²) in [5.74, 6) is 0.270. The molecule has 18 heavy (non-hydrogen) atoms. The maximum absolute atomic E-state index is 12.3. The molecule has 0 aromatic rings. The number of carbonyl (C=O) groups is 1. The highest BCUT2D eigenvalue weighted by Crippen LogP contribution is 2.17. The molecule has 0 saturated carbocycles. The predicted molar refractivity (Wildman–Crippen MR) is 75.7 cm³/mol. The largest absolute Gasteiger partial charge is 0.339 e. The highest BCUT2D eigenvalue weighted by molar-refractivity contribution is 5.81. The van der Waals surface area contributed by atoms with Crippen molar-refractivity contribution in [2.24, 2.45) is 0 Å². The van der Waals surface area contributed by atoms with Crippen molar-refractivity contribution in [2.75, 3.05) is 33.7 Å². The summed E-state index contributed by atoms with van der Waals surface area (Å²) in [7, 11) is 4.15. The van der Waals surface area contributed by atoms with Crippen molar-refractivity contribution < 1.29 is 4.79 Å². The Kier molecular flexibility index (Phi) is 6.65. The summed E-state index contributed by atoms with van der Waals surface area (Å²) in [6.45, 7) is 7.06. The lowest BCUT2D eigenvalue weighted by atomic mass is 10.0.